The first-order valence-electron chi connectivity index (χ1n) is 7.96. The standard InChI is InChI=1S/C16H22N2O4S/c1-22-14-5-2-3-6-15(14)23(20,21)18-10-4-9-17(11-12-18)16(19)13-7-8-13/h2-3,5-6,13H,4,7-12H2,1H3. The van der Waals surface area contributed by atoms with Crippen LogP contribution < -0.4 is 4.74 Å². The summed E-state index contributed by atoms with van der Waals surface area (Å²) in [6.07, 6.45) is 2.60. The number of ether oxygens (including phenoxy) is 1. The Morgan fingerprint density at radius 1 is 1.13 bits per heavy atom. The first-order chi connectivity index (χ1) is 11.0. The van der Waals surface area contributed by atoms with Crippen molar-refractivity contribution in [3.63, 3.8) is 0 Å². The van der Waals surface area contributed by atoms with Crippen molar-refractivity contribution >= 4 is 15.9 Å². The Hall–Kier alpha value is -1.60. The van der Waals surface area contributed by atoms with Crippen LogP contribution in [0.4, 0.5) is 0 Å². The molecular formula is C16H22N2O4S. The van der Waals surface area contributed by atoms with Gasteiger partial charge in [-0.15, -0.1) is 0 Å². The highest BCUT2D eigenvalue weighted by molar-refractivity contribution is 7.89. The van der Waals surface area contributed by atoms with Crippen LogP contribution in [0.15, 0.2) is 29.2 Å². The molecule has 1 aromatic carbocycles. The Kier molecular flexibility index (Phi) is 4.59. The number of carbonyl (C=O) groups excluding carboxylic acids is 1. The van der Waals surface area contributed by atoms with Crippen LogP contribution in [0, 0.1) is 5.92 Å². The molecule has 23 heavy (non-hydrogen) atoms. The van der Waals surface area contributed by atoms with Gasteiger partial charge in [0.15, 0.2) is 0 Å². The topological polar surface area (TPSA) is 66.9 Å². The highest BCUT2D eigenvalue weighted by Gasteiger charge is 2.35. The van der Waals surface area contributed by atoms with Crippen molar-refractivity contribution in [2.24, 2.45) is 5.92 Å². The van der Waals surface area contributed by atoms with Gasteiger partial charge in [-0.05, 0) is 31.4 Å². The molecular weight excluding hydrogens is 316 g/mol. The van der Waals surface area contributed by atoms with Gasteiger partial charge in [0.25, 0.3) is 0 Å². The summed E-state index contributed by atoms with van der Waals surface area (Å²) in [6, 6.07) is 6.65. The van der Waals surface area contributed by atoms with Crippen LogP contribution in [0.3, 0.4) is 0 Å². The lowest BCUT2D eigenvalue weighted by Crippen LogP contribution is -2.38. The van der Waals surface area contributed by atoms with E-state index in [9.17, 15) is 13.2 Å². The average Bonchev–Trinajstić information content (AvgIpc) is 3.40. The number of benzene rings is 1. The Labute approximate surface area is 137 Å². The van der Waals surface area contributed by atoms with Crippen molar-refractivity contribution in [3.05, 3.63) is 24.3 Å². The van der Waals surface area contributed by atoms with E-state index in [1.165, 1.54) is 11.4 Å². The van der Waals surface area contributed by atoms with Gasteiger partial charge in [0.1, 0.15) is 10.6 Å². The van der Waals surface area contributed by atoms with Crippen molar-refractivity contribution in [1.82, 2.24) is 9.21 Å². The van der Waals surface area contributed by atoms with Crippen molar-refractivity contribution < 1.29 is 17.9 Å². The predicted molar refractivity (Wildman–Crippen MR) is 85.7 cm³/mol. The third-order valence-electron chi connectivity index (χ3n) is 4.38. The van der Waals surface area contributed by atoms with Crippen LogP contribution >= 0.6 is 0 Å². The zero-order valence-corrected chi connectivity index (χ0v) is 14.1. The molecule has 126 valence electrons. The quantitative estimate of drug-likeness (QED) is 0.831. The van der Waals surface area contributed by atoms with Crippen LogP contribution in [-0.4, -0.2) is 56.8 Å². The molecule has 7 heteroatoms. The lowest BCUT2D eigenvalue weighted by atomic mass is 10.3. The first-order valence-corrected chi connectivity index (χ1v) is 9.40. The molecule has 0 spiro atoms. The minimum absolute atomic E-state index is 0.173. The molecule has 2 fully saturated rings. The lowest BCUT2D eigenvalue weighted by molar-refractivity contribution is -0.132. The Morgan fingerprint density at radius 3 is 2.57 bits per heavy atom. The van der Waals surface area contributed by atoms with Gasteiger partial charge < -0.3 is 9.64 Å². The molecule has 0 unspecified atom stereocenters. The van der Waals surface area contributed by atoms with E-state index in [0.29, 0.717) is 38.3 Å². The first kappa shape index (κ1) is 16.3. The lowest BCUT2D eigenvalue weighted by Gasteiger charge is -2.22. The second kappa shape index (κ2) is 6.49. The number of methoxy groups -OCH3 is 1. The molecule has 1 aromatic rings. The Morgan fingerprint density at radius 2 is 1.87 bits per heavy atom. The SMILES string of the molecule is COc1ccccc1S(=O)(=O)N1CCCN(C(=O)C2CC2)CC1. The second-order valence-corrected chi connectivity index (χ2v) is 7.91. The van der Waals surface area contributed by atoms with E-state index in [2.05, 4.69) is 0 Å². The molecule has 1 aliphatic carbocycles. The van der Waals surface area contributed by atoms with Crippen LogP contribution in [0.1, 0.15) is 19.3 Å². The summed E-state index contributed by atoms with van der Waals surface area (Å²) < 4.78 is 32.4. The Balaban J connectivity index is 1.76. The van der Waals surface area contributed by atoms with E-state index >= 15 is 0 Å². The van der Waals surface area contributed by atoms with Crippen LogP contribution in [-0.2, 0) is 14.8 Å². The van der Waals surface area contributed by atoms with Gasteiger partial charge in [-0.1, -0.05) is 12.1 Å². The maximum absolute atomic E-state index is 12.9. The van der Waals surface area contributed by atoms with Crippen molar-refractivity contribution in [2.75, 3.05) is 33.3 Å². The number of amides is 1. The summed E-state index contributed by atoms with van der Waals surface area (Å²) in [5, 5.41) is 0. The summed E-state index contributed by atoms with van der Waals surface area (Å²) in [7, 11) is -2.15. The summed E-state index contributed by atoms with van der Waals surface area (Å²) in [6.45, 7) is 1.85. The number of sulfonamides is 1. The minimum Gasteiger partial charge on any atom is -0.495 e. The van der Waals surface area contributed by atoms with E-state index in [0.717, 1.165) is 12.8 Å². The molecule has 0 radical (unpaired) electrons. The molecule has 0 atom stereocenters. The molecule has 1 aliphatic heterocycles. The summed E-state index contributed by atoms with van der Waals surface area (Å²) in [5.41, 5.74) is 0. The van der Waals surface area contributed by atoms with Crippen LogP contribution in [0.2, 0.25) is 0 Å². The van der Waals surface area contributed by atoms with E-state index in [4.69, 9.17) is 4.74 Å². The number of hydrogen-bond acceptors (Lipinski definition) is 4. The monoisotopic (exact) mass is 338 g/mol. The van der Waals surface area contributed by atoms with E-state index in [1.54, 1.807) is 24.3 Å². The smallest absolute Gasteiger partial charge is 0.246 e. The van der Waals surface area contributed by atoms with Gasteiger partial charge in [0.2, 0.25) is 15.9 Å². The molecule has 0 aromatic heterocycles. The number of hydrogen-bond donors (Lipinski definition) is 0. The van der Waals surface area contributed by atoms with Gasteiger partial charge in [-0.2, -0.15) is 4.31 Å². The number of rotatable bonds is 4. The highest BCUT2D eigenvalue weighted by atomic mass is 32.2. The van der Waals surface area contributed by atoms with E-state index < -0.39 is 10.0 Å². The van der Waals surface area contributed by atoms with Crippen LogP contribution in [0.5, 0.6) is 5.75 Å². The zero-order chi connectivity index (χ0) is 16.4. The predicted octanol–water partition coefficient (Wildman–Crippen LogP) is 1.33. The summed E-state index contributed by atoms with van der Waals surface area (Å²) >= 11 is 0. The highest BCUT2D eigenvalue weighted by Crippen LogP contribution is 2.32. The Bertz CT molecular complexity index is 685. The maximum Gasteiger partial charge on any atom is 0.246 e. The molecule has 2 aliphatic rings. The number of nitrogens with zero attached hydrogens (tertiary/aromatic N) is 2. The molecule has 0 N–H and O–H groups in total. The van der Waals surface area contributed by atoms with Crippen molar-refractivity contribution in [1.29, 1.82) is 0 Å². The van der Waals surface area contributed by atoms with Gasteiger partial charge >= 0.3 is 0 Å². The largest absolute Gasteiger partial charge is 0.495 e. The molecule has 1 amide bonds. The molecule has 1 heterocycles. The van der Waals surface area contributed by atoms with Crippen molar-refractivity contribution in [3.8, 4) is 5.75 Å². The fourth-order valence-corrected chi connectivity index (χ4v) is 4.54. The zero-order valence-electron chi connectivity index (χ0n) is 13.3. The van der Waals surface area contributed by atoms with Gasteiger partial charge in [0, 0.05) is 32.1 Å². The van der Waals surface area contributed by atoms with Gasteiger partial charge in [0.05, 0.1) is 7.11 Å². The maximum atomic E-state index is 12.9. The second-order valence-electron chi connectivity index (χ2n) is 6.01. The van der Waals surface area contributed by atoms with E-state index in [-0.39, 0.29) is 16.7 Å². The van der Waals surface area contributed by atoms with Gasteiger partial charge in [-0.3, -0.25) is 4.79 Å². The third kappa shape index (κ3) is 3.35. The van der Waals surface area contributed by atoms with Crippen LogP contribution in [0.25, 0.3) is 0 Å². The molecule has 6 nitrogen and oxygen atoms in total. The fraction of sp³-hybridized carbons (Fsp3) is 0.562. The molecule has 1 saturated carbocycles. The van der Waals surface area contributed by atoms with Gasteiger partial charge in [-0.25, -0.2) is 8.42 Å². The summed E-state index contributed by atoms with van der Waals surface area (Å²) in [5.74, 6) is 0.705. The average molecular weight is 338 g/mol. The minimum atomic E-state index is -3.61. The van der Waals surface area contributed by atoms with E-state index in [1.807, 2.05) is 4.90 Å². The molecule has 1 saturated heterocycles. The van der Waals surface area contributed by atoms with Crippen molar-refractivity contribution in [2.45, 2.75) is 24.2 Å². The fourth-order valence-electron chi connectivity index (χ4n) is 2.91. The number of para-hydroxylation sites is 1. The summed E-state index contributed by atoms with van der Waals surface area (Å²) in [4.78, 5) is 14.2. The normalized spacial score (nSPS) is 20.1. The third-order valence-corrected chi connectivity index (χ3v) is 6.32. The molecule has 0 bridgehead atoms. The number of carbonyl (C=O) groups is 1. The molecule has 3 rings (SSSR count).